The van der Waals surface area contributed by atoms with E-state index < -0.39 is 10.0 Å². The number of thiophene rings is 1. The molecule has 2 rings (SSSR count). The van der Waals surface area contributed by atoms with Crippen LogP contribution in [0.3, 0.4) is 0 Å². The Morgan fingerprint density at radius 2 is 2.21 bits per heavy atom. The van der Waals surface area contributed by atoms with Crippen LogP contribution in [0, 0.1) is 6.92 Å². The summed E-state index contributed by atoms with van der Waals surface area (Å²) in [6.45, 7) is 1.85. The predicted molar refractivity (Wildman–Crippen MR) is 73.2 cm³/mol. The molecule has 0 atom stereocenters. The van der Waals surface area contributed by atoms with E-state index in [4.69, 9.17) is 5.11 Å². The summed E-state index contributed by atoms with van der Waals surface area (Å²) in [4.78, 5) is 5.02. The number of rotatable bonds is 5. The molecule has 0 saturated carbocycles. The van der Waals surface area contributed by atoms with Crippen LogP contribution < -0.4 is 4.72 Å². The molecule has 5 nitrogen and oxygen atoms in total. The average molecular weight is 298 g/mol. The molecule has 0 aliphatic carbocycles. The summed E-state index contributed by atoms with van der Waals surface area (Å²) in [7, 11) is -3.55. The van der Waals surface area contributed by atoms with Crippen molar-refractivity contribution in [2.24, 2.45) is 0 Å². The minimum Gasteiger partial charge on any atom is -0.391 e. The monoisotopic (exact) mass is 298 g/mol. The van der Waals surface area contributed by atoms with Gasteiger partial charge in [-0.3, -0.25) is 4.98 Å². The summed E-state index contributed by atoms with van der Waals surface area (Å²) in [5.41, 5.74) is 1.51. The first kappa shape index (κ1) is 14.1. The first-order chi connectivity index (χ1) is 9.01. The summed E-state index contributed by atoms with van der Waals surface area (Å²) in [6.07, 6.45) is 0. The number of aromatic nitrogens is 1. The van der Waals surface area contributed by atoms with Crippen molar-refractivity contribution >= 4 is 21.4 Å². The smallest absolute Gasteiger partial charge is 0.241 e. The van der Waals surface area contributed by atoms with E-state index >= 15 is 0 Å². The minimum absolute atomic E-state index is 0.147. The Morgan fingerprint density at radius 1 is 1.42 bits per heavy atom. The van der Waals surface area contributed by atoms with Crippen molar-refractivity contribution in [3.05, 3.63) is 45.9 Å². The molecule has 102 valence electrons. The number of aryl methyl sites for hydroxylation is 1. The van der Waals surface area contributed by atoms with Gasteiger partial charge in [-0.15, -0.1) is 11.3 Å². The highest BCUT2D eigenvalue weighted by Gasteiger charge is 2.15. The van der Waals surface area contributed by atoms with Gasteiger partial charge in [-0.2, -0.15) is 0 Å². The first-order valence-electron chi connectivity index (χ1n) is 5.62. The lowest BCUT2D eigenvalue weighted by molar-refractivity contribution is 0.285. The number of sulfonamides is 1. The van der Waals surface area contributed by atoms with Crippen molar-refractivity contribution in [2.75, 3.05) is 0 Å². The minimum atomic E-state index is -3.55. The summed E-state index contributed by atoms with van der Waals surface area (Å²) in [5, 5.41) is 10.5. The Balaban J connectivity index is 2.09. The highest BCUT2D eigenvalue weighted by Crippen LogP contribution is 2.19. The van der Waals surface area contributed by atoms with Crippen LogP contribution in [0.15, 0.2) is 34.5 Å². The molecule has 2 heterocycles. The number of aliphatic hydroxyl groups excluding tert-OH is 1. The van der Waals surface area contributed by atoms with Crippen LogP contribution in [0.4, 0.5) is 0 Å². The van der Waals surface area contributed by atoms with Gasteiger partial charge in [0.15, 0.2) is 0 Å². The number of nitrogens with zero attached hydrogens (tertiary/aromatic N) is 1. The molecule has 0 spiro atoms. The highest BCUT2D eigenvalue weighted by atomic mass is 32.2. The fourth-order valence-electron chi connectivity index (χ4n) is 1.53. The second-order valence-corrected chi connectivity index (χ2v) is 6.76. The third-order valence-corrected chi connectivity index (χ3v) is 4.94. The summed E-state index contributed by atoms with van der Waals surface area (Å²) in [6, 6.07) is 6.92. The maximum Gasteiger partial charge on any atom is 0.241 e. The third kappa shape index (κ3) is 3.60. The molecule has 0 aromatic carbocycles. The number of hydrogen-bond acceptors (Lipinski definition) is 5. The summed E-state index contributed by atoms with van der Waals surface area (Å²) < 4.78 is 26.5. The van der Waals surface area contributed by atoms with E-state index in [0.29, 0.717) is 10.6 Å². The first-order valence-corrected chi connectivity index (χ1v) is 7.98. The second kappa shape index (κ2) is 5.79. The van der Waals surface area contributed by atoms with Crippen molar-refractivity contribution in [1.29, 1.82) is 0 Å². The van der Waals surface area contributed by atoms with Gasteiger partial charge in [0, 0.05) is 16.0 Å². The van der Waals surface area contributed by atoms with E-state index in [2.05, 4.69) is 9.71 Å². The Kier molecular flexibility index (Phi) is 4.31. The second-order valence-electron chi connectivity index (χ2n) is 4.00. The van der Waals surface area contributed by atoms with Crippen LogP contribution in [0.1, 0.15) is 16.3 Å². The Labute approximate surface area is 116 Å². The lowest BCUT2D eigenvalue weighted by Gasteiger charge is -2.05. The SMILES string of the molecule is Cc1cccc(CNS(=O)(=O)c2csc(CO)c2)n1. The normalized spacial score (nSPS) is 11.7. The number of nitrogens with one attached hydrogen (secondary N) is 1. The van der Waals surface area contributed by atoms with Crippen LogP contribution in [-0.4, -0.2) is 18.5 Å². The molecule has 0 aliphatic rings. The Morgan fingerprint density at radius 3 is 2.84 bits per heavy atom. The van der Waals surface area contributed by atoms with Gasteiger partial charge >= 0.3 is 0 Å². The zero-order valence-corrected chi connectivity index (χ0v) is 12.0. The van der Waals surface area contributed by atoms with Crippen molar-refractivity contribution < 1.29 is 13.5 Å². The van der Waals surface area contributed by atoms with Crippen molar-refractivity contribution in [3.63, 3.8) is 0 Å². The fourth-order valence-corrected chi connectivity index (χ4v) is 3.67. The van der Waals surface area contributed by atoms with Gasteiger partial charge in [-0.25, -0.2) is 13.1 Å². The van der Waals surface area contributed by atoms with Gasteiger partial charge in [0.25, 0.3) is 0 Å². The standard InChI is InChI=1S/C12H14N2O3S2/c1-9-3-2-4-10(14-9)6-13-19(16,17)12-5-11(7-15)18-8-12/h2-5,8,13,15H,6-7H2,1H3. The summed E-state index contributed by atoms with van der Waals surface area (Å²) in [5.74, 6) is 0. The van der Waals surface area contributed by atoms with Crippen LogP contribution >= 0.6 is 11.3 Å². The van der Waals surface area contributed by atoms with Crippen LogP contribution in [0.2, 0.25) is 0 Å². The van der Waals surface area contributed by atoms with E-state index in [-0.39, 0.29) is 18.0 Å². The van der Waals surface area contributed by atoms with Crippen molar-refractivity contribution in [3.8, 4) is 0 Å². The lowest BCUT2D eigenvalue weighted by Crippen LogP contribution is -2.23. The topological polar surface area (TPSA) is 79.3 Å². The highest BCUT2D eigenvalue weighted by molar-refractivity contribution is 7.89. The Bertz CT molecular complexity index is 665. The molecule has 0 saturated heterocycles. The van der Waals surface area contributed by atoms with Gasteiger partial charge in [0.1, 0.15) is 0 Å². The Hall–Kier alpha value is -1.28. The molecule has 0 fully saturated rings. The molecular formula is C12H14N2O3S2. The van der Waals surface area contributed by atoms with Gasteiger partial charge in [0.2, 0.25) is 10.0 Å². The van der Waals surface area contributed by atoms with Crippen LogP contribution in [0.25, 0.3) is 0 Å². The van der Waals surface area contributed by atoms with Crippen LogP contribution in [0.5, 0.6) is 0 Å². The van der Waals surface area contributed by atoms with Gasteiger partial charge in [0.05, 0.1) is 23.7 Å². The number of aliphatic hydroxyl groups is 1. The molecule has 0 aliphatic heterocycles. The average Bonchev–Trinajstić information content (AvgIpc) is 2.86. The van der Waals surface area contributed by atoms with Crippen molar-refractivity contribution in [1.82, 2.24) is 9.71 Å². The van der Waals surface area contributed by atoms with Gasteiger partial charge in [-0.1, -0.05) is 6.07 Å². The van der Waals surface area contributed by atoms with E-state index in [1.807, 2.05) is 19.1 Å². The predicted octanol–water partition coefficient (Wildman–Crippen LogP) is 1.42. The quantitative estimate of drug-likeness (QED) is 0.875. The molecule has 2 aromatic rings. The molecule has 0 radical (unpaired) electrons. The molecule has 0 amide bonds. The van der Waals surface area contributed by atoms with Gasteiger partial charge < -0.3 is 5.11 Å². The zero-order valence-electron chi connectivity index (χ0n) is 10.3. The molecule has 2 aromatic heterocycles. The van der Waals surface area contributed by atoms with Crippen LogP contribution in [-0.2, 0) is 23.2 Å². The number of hydrogen-bond donors (Lipinski definition) is 2. The molecule has 19 heavy (non-hydrogen) atoms. The molecule has 0 bridgehead atoms. The van der Waals surface area contributed by atoms with Crippen molar-refractivity contribution in [2.45, 2.75) is 25.0 Å². The van der Waals surface area contributed by atoms with E-state index in [1.165, 1.54) is 22.8 Å². The number of pyridine rings is 1. The van der Waals surface area contributed by atoms with E-state index in [0.717, 1.165) is 5.69 Å². The lowest BCUT2D eigenvalue weighted by atomic mass is 10.3. The maximum absolute atomic E-state index is 12.0. The largest absolute Gasteiger partial charge is 0.391 e. The summed E-state index contributed by atoms with van der Waals surface area (Å²) >= 11 is 1.22. The third-order valence-electron chi connectivity index (χ3n) is 2.49. The van der Waals surface area contributed by atoms with Gasteiger partial charge in [-0.05, 0) is 25.1 Å². The molecule has 7 heteroatoms. The fraction of sp³-hybridized carbons (Fsp3) is 0.250. The molecular weight excluding hydrogens is 284 g/mol. The molecule has 0 unspecified atom stereocenters. The van der Waals surface area contributed by atoms with E-state index in [1.54, 1.807) is 6.07 Å². The zero-order chi connectivity index (χ0) is 13.9. The molecule has 2 N–H and O–H groups in total. The van der Waals surface area contributed by atoms with E-state index in [9.17, 15) is 8.42 Å². The maximum atomic E-state index is 12.0.